The molecular weight excluding hydrogens is 470 g/mol. The van der Waals surface area contributed by atoms with Gasteiger partial charge >= 0.3 is 0 Å². The summed E-state index contributed by atoms with van der Waals surface area (Å²) in [5.41, 5.74) is 0.906. The summed E-state index contributed by atoms with van der Waals surface area (Å²) in [4.78, 5) is 43.0. The van der Waals surface area contributed by atoms with Crippen LogP contribution in [-0.2, 0) is 9.59 Å². The number of carbonyl (C=O) groups excluding carboxylic acids is 2. The summed E-state index contributed by atoms with van der Waals surface area (Å²) in [6.07, 6.45) is 2.98. The van der Waals surface area contributed by atoms with E-state index < -0.39 is 11.0 Å². The molecule has 0 aromatic heterocycles. The lowest BCUT2D eigenvalue weighted by atomic mass is 10.0. The molecule has 4 rings (SSSR count). The van der Waals surface area contributed by atoms with Crippen LogP contribution in [0.3, 0.4) is 0 Å². The fourth-order valence-corrected chi connectivity index (χ4v) is 4.96. The first-order chi connectivity index (χ1) is 16.9. The summed E-state index contributed by atoms with van der Waals surface area (Å²) < 4.78 is 0. The molecule has 2 aromatic rings. The van der Waals surface area contributed by atoms with E-state index in [-0.39, 0.29) is 22.5 Å². The Bertz CT molecular complexity index is 1060. The van der Waals surface area contributed by atoms with E-state index in [1.165, 1.54) is 12.1 Å². The Labute approximate surface area is 209 Å². The highest BCUT2D eigenvalue weighted by Gasteiger charge is 2.30. The maximum absolute atomic E-state index is 13.5. The molecule has 186 valence electrons. The van der Waals surface area contributed by atoms with Crippen LogP contribution in [0.4, 0.5) is 11.4 Å². The first kappa shape index (κ1) is 25.1. The van der Waals surface area contributed by atoms with Crippen LogP contribution < -0.4 is 5.32 Å². The number of hydrogen-bond donors (Lipinski definition) is 1. The average Bonchev–Trinajstić information content (AvgIpc) is 3.30. The Balaban J connectivity index is 1.48. The van der Waals surface area contributed by atoms with Gasteiger partial charge in [-0.05, 0) is 43.5 Å². The maximum Gasteiger partial charge on any atom is 0.289 e. The lowest BCUT2D eigenvalue weighted by Crippen LogP contribution is -2.42. The van der Waals surface area contributed by atoms with Crippen LogP contribution in [0.15, 0.2) is 48.5 Å². The molecule has 2 aliphatic heterocycles. The minimum absolute atomic E-state index is 0.0173. The van der Waals surface area contributed by atoms with Crippen LogP contribution in [0.25, 0.3) is 0 Å². The Morgan fingerprint density at radius 2 is 1.71 bits per heavy atom. The van der Waals surface area contributed by atoms with E-state index in [0.29, 0.717) is 31.9 Å². The summed E-state index contributed by atoms with van der Waals surface area (Å²) in [6.45, 7) is 4.90. The second-order valence-electron chi connectivity index (χ2n) is 8.98. The Kier molecular flexibility index (Phi) is 8.33. The average molecular weight is 500 g/mol. The summed E-state index contributed by atoms with van der Waals surface area (Å²) in [7, 11) is 0. The Morgan fingerprint density at radius 3 is 2.43 bits per heavy atom. The van der Waals surface area contributed by atoms with Gasteiger partial charge in [-0.15, -0.1) is 0 Å². The van der Waals surface area contributed by atoms with Gasteiger partial charge in [0.25, 0.3) is 5.69 Å². The van der Waals surface area contributed by atoms with Crippen molar-refractivity contribution in [3.05, 3.63) is 69.2 Å². The van der Waals surface area contributed by atoms with Crippen LogP contribution in [-0.4, -0.2) is 77.3 Å². The molecule has 2 amide bonds. The Hall–Kier alpha value is -3.01. The molecule has 2 saturated heterocycles. The smallest absolute Gasteiger partial charge is 0.289 e. The van der Waals surface area contributed by atoms with Crippen LogP contribution in [0.2, 0.25) is 5.02 Å². The van der Waals surface area contributed by atoms with Crippen molar-refractivity contribution in [1.29, 1.82) is 0 Å². The van der Waals surface area contributed by atoms with Gasteiger partial charge in [0.05, 0.1) is 11.5 Å². The van der Waals surface area contributed by atoms with Gasteiger partial charge in [0, 0.05) is 44.5 Å². The standard InChI is InChI=1S/C25H30ClN5O4/c26-21-10-9-20(17-22(21)31(34)35)27-25(33)24(19-7-2-1-3-8-19)30-14-6-11-28(15-16-30)18-23(32)29-12-4-5-13-29/h1-3,7-10,17,24H,4-6,11-16,18H2,(H,27,33)/t24-/m0/s1. The molecule has 0 radical (unpaired) electrons. The second-order valence-corrected chi connectivity index (χ2v) is 9.39. The number of hydrogen-bond acceptors (Lipinski definition) is 6. The number of anilines is 1. The zero-order valence-electron chi connectivity index (χ0n) is 19.6. The van der Waals surface area contributed by atoms with Gasteiger partial charge in [-0.1, -0.05) is 41.9 Å². The number of nitrogens with zero attached hydrogens (tertiary/aromatic N) is 4. The third kappa shape index (κ3) is 6.36. The van der Waals surface area contributed by atoms with Gasteiger partial charge in [-0.2, -0.15) is 0 Å². The van der Waals surface area contributed by atoms with Crippen molar-refractivity contribution in [2.75, 3.05) is 51.1 Å². The number of benzene rings is 2. The van der Waals surface area contributed by atoms with E-state index in [0.717, 1.165) is 44.5 Å². The molecule has 2 aliphatic rings. The summed E-state index contributed by atoms with van der Waals surface area (Å²) in [5, 5.41) is 14.1. The number of nitrogens with one attached hydrogen (secondary N) is 1. The highest BCUT2D eigenvalue weighted by molar-refractivity contribution is 6.32. The van der Waals surface area contributed by atoms with E-state index in [2.05, 4.69) is 15.1 Å². The van der Waals surface area contributed by atoms with E-state index in [4.69, 9.17) is 11.6 Å². The lowest BCUT2D eigenvalue weighted by Gasteiger charge is -2.30. The van der Waals surface area contributed by atoms with Gasteiger partial charge in [-0.25, -0.2) is 0 Å². The number of amides is 2. The third-order valence-corrected chi connectivity index (χ3v) is 6.90. The molecule has 1 atom stereocenters. The molecule has 0 saturated carbocycles. The van der Waals surface area contributed by atoms with E-state index >= 15 is 0 Å². The molecule has 10 heteroatoms. The fraction of sp³-hybridized carbons (Fsp3) is 0.440. The van der Waals surface area contributed by atoms with Gasteiger partial charge in [0.1, 0.15) is 11.1 Å². The topological polar surface area (TPSA) is 99.0 Å². The van der Waals surface area contributed by atoms with Crippen molar-refractivity contribution >= 4 is 34.8 Å². The number of nitro benzene ring substituents is 1. The molecule has 0 unspecified atom stereocenters. The normalized spacial score (nSPS) is 18.1. The molecule has 2 heterocycles. The SMILES string of the molecule is O=C(Nc1ccc(Cl)c([N+](=O)[O-])c1)[C@H](c1ccccc1)N1CCCN(CC(=O)N2CCCC2)CC1. The molecule has 0 spiro atoms. The predicted octanol–water partition coefficient (Wildman–Crippen LogP) is 3.56. The number of halogens is 1. The quantitative estimate of drug-likeness (QED) is 0.462. The van der Waals surface area contributed by atoms with Crippen molar-refractivity contribution < 1.29 is 14.5 Å². The minimum atomic E-state index is -0.570. The van der Waals surface area contributed by atoms with Crippen LogP contribution in [0, 0.1) is 10.1 Å². The van der Waals surface area contributed by atoms with E-state index in [1.54, 1.807) is 6.07 Å². The molecule has 0 aliphatic carbocycles. The van der Waals surface area contributed by atoms with Crippen LogP contribution in [0.5, 0.6) is 0 Å². The first-order valence-corrected chi connectivity index (χ1v) is 12.3. The van der Waals surface area contributed by atoms with E-state index in [9.17, 15) is 19.7 Å². The third-order valence-electron chi connectivity index (χ3n) is 6.58. The molecule has 2 aromatic carbocycles. The van der Waals surface area contributed by atoms with Crippen molar-refractivity contribution in [2.24, 2.45) is 0 Å². The zero-order valence-corrected chi connectivity index (χ0v) is 20.3. The number of nitro groups is 1. The van der Waals surface area contributed by atoms with Gasteiger partial charge in [0.15, 0.2) is 0 Å². The van der Waals surface area contributed by atoms with Crippen LogP contribution in [0.1, 0.15) is 30.9 Å². The predicted molar refractivity (Wildman–Crippen MR) is 134 cm³/mol. The molecule has 9 nitrogen and oxygen atoms in total. The minimum Gasteiger partial charge on any atom is -0.342 e. The van der Waals surface area contributed by atoms with Crippen LogP contribution >= 0.6 is 11.6 Å². The zero-order chi connectivity index (χ0) is 24.8. The van der Waals surface area contributed by atoms with Crippen molar-refractivity contribution in [2.45, 2.75) is 25.3 Å². The molecule has 2 fully saturated rings. The molecule has 0 bridgehead atoms. The first-order valence-electron chi connectivity index (χ1n) is 12.0. The number of carbonyl (C=O) groups is 2. The van der Waals surface area contributed by atoms with Gasteiger partial charge < -0.3 is 10.2 Å². The highest BCUT2D eigenvalue weighted by atomic mass is 35.5. The largest absolute Gasteiger partial charge is 0.342 e. The monoisotopic (exact) mass is 499 g/mol. The number of likely N-dealkylation sites (tertiary alicyclic amines) is 1. The van der Waals surface area contributed by atoms with Gasteiger partial charge in [-0.3, -0.25) is 29.5 Å². The van der Waals surface area contributed by atoms with Crippen molar-refractivity contribution in [3.63, 3.8) is 0 Å². The Morgan fingerprint density at radius 1 is 0.971 bits per heavy atom. The maximum atomic E-state index is 13.5. The highest BCUT2D eigenvalue weighted by Crippen LogP contribution is 2.29. The molecular formula is C25H30ClN5O4. The number of rotatable bonds is 7. The second kappa shape index (κ2) is 11.6. The van der Waals surface area contributed by atoms with Gasteiger partial charge in [0.2, 0.25) is 11.8 Å². The van der Waals surface area contributed by atoms with E-state index in [1.807, 2.05) is 35.2 Å². The summed E-state index contributed by atoms with van der Waals surface area (Å²) in [5.74, 6) is -0.0907. The fourth-order valence-electron chi connectivity index (χ4n) is 4.77. The molecule has 1 N–H and O–H groups in total. The summed E-state index contributed by atoms with van der Waals surface area (Å²) >= 11 is 5.92. The van der Waals surface area contributed by atoms with Crippen molar-refractivity contribution in [3.8, 4) is 0 Å². The summed E-state index contributed by atoms with van der Waals surface area (Å²) in [6, 6.07) is 13.2. The van der Waals surface area contributed by atoms with Crippen molar-refractivity contribution in [1.82, 2.24) is 14.7 Å². The molecule has 35 heavy (non-hydrogen) atoms. The lowest BCUT2D eigenvalue weighted by molar-refractivity contribution is -0.384.